The number of rotatable bonds is 5. The van der Waals surface area contributed by atoms with Gasteiger partial charge < -0.3 is 10.1 Å². The van der Waals surface area contributed by atoms with Crippen LogP contribution in [-0.2, 0) is 19.5 Å². The van der Waals surface area contributed by atoms with Gasteiger partial charge >= 0.3 is 0 Å². The van der Waals surface area contributed by atoms with E-state index in [-0.39, 0.29) is 0 Å². The number of nitrogens with zero attached hydrogens (tertiary/aromatic N) is 3. The van der Waals surface area contributed by atoms with Gasteiger partial charge in [0.2, 0.25) is 5.95 Å². The number of aromatic nitrogens is 2. The van der Waals surface area contributed by atoms with Crippen LogP contribution < -0.4 is 10.1 Å². The molecular weight excluding hydrogens is 412 g/mol. The number of benzene rings is 1. The van der Waals surface area contributed by atoms with Crippen molar-refractivity contribution in [3.63, 3.8) is 0 Å². The topological polar surface area (TPSA) is 50.3 Å². The maximum absolute atomic E-state index is 5.26. The van der Waals surface area contributed by atoms with Gasteiger partial charge in [-0.05, 0) is 34.1 Å². The van der Waals surface area contributed by atoms with E-state index >= 15 is 0 Å². The Morgan fingerprint density at radius 1 is 1.35 bits per heavy atom. The number of hydrogen-bond acceptors (Lipinski definition) is 6. The van der Waals surface area contributed by atoms with Gasteiger partial charge in [-0.25, -0.2) is 9.97 Å². The highest BCUT2D eigenvalue weighted by Crippen LogP contribution is 2.25. The molecule has 0 aliphatic carbocycles. The Hall–Kier alpha value is -1.96. The molecule has 5 nitrogen and oxygen atoms in total. The molecule has 4 rings (SSSR count). The second-order valence-electron chi connectivity index (χ2n) is 6.21. The summed E-state index contributed by atoms with van der Waals surface area (Å²) >= 11 is 5.32. The van der Waals surface area contributed by atoms with Crippen LogP contribution in [-0.4, -0.2) is 28.5 Å². The largest absolute Gasteiger partial charge is 0.497 e. The number of fused-ring (bicyclic) bond motifs is 1. The number of nitrogens with one attached hydrogen (secondary N) is 1. The van der Waals surface area contributed by atoms with Gasteiger partial charge in [0, 0.05) is 64.3 Å². The molecule has 0 bridgehead atoms. The zero-order valence-corrected chi connectivity index (χ0v) is 16.8. The van der Waals surface area contributed by atoms with Crippen molar-refractivity contribution < 1.29 is 4.74 Å². The second kappa shape index (κ2) is 7.73. The van der Waals surface area contributed by atoms with Crippen LogP contribution in [0.1, 0.15) is 16.1 Å². The van der Waals surface area contributed by atoms with E-state index in [0.29, 0.717) is 5.95 Å². The fraction of sp³-hybridized carbons (Fsp3) is 0.263. The summed E-state index contributed by atoms with van der Waals surface area (Å²) in [6, 6.07) is 9.97. The maximum atomic E-state index is 5.26. The number of halogens is 1. The summed E-state index contributed by atoms with van der Waals surface area (Å²) in [6.07, 6.45) is 2.89. The van der Waals surface area contributed by atoms with Crippen LogP contribution >= 0.6 is 27.3 Å². The molecule has 7 heteroatoms. The SMILES string of the molecule is COc1cccc(Nc2ncc3c(n2)CCN(Cc2cc(Br)cs2)C3)c1. The van der Waals surface area contributed by atoms with Crippen LogP contribution in [0.25, 0.3) is 0 Å². The van der Waals surface area contributed by atoms with Crippen LogP contribution in [0.15, 0.2) is 46.4 Å². The Balaban J connectivity index is 1.44. The Morgan fingerprint density at radius 2 is 2.27 bits per heavy atom. The zero-order chi connectivity index (χ0) is 17.9. The molecule has 0 radical (unpaired) electrons. The van der Waals surface area contributed by atoms with Gasteiger partial charge in [0.25, 0.3) is 0 Å². The molecule has 3 aromatic rings. The van der Waals surface area contributed by atoms with Crippen molar-refractivity contribution in [1.29, 1.82) is 0 Å². The second-order valence-corrected chi connectivity index (χ2v) is 8.13. The average molecular weight is 431 g/mol. The third-order valence-corrected chi connectivity index (χ3v) is 6.02. The van der Waals surface area contributed by atoms with Gasteiger partial charge in [0.15, 0.2) is 0 Å². The Labute approximate surface area is 165 Å². The lowest BCUT2D eigenvalue weighted by Crippen LogP contribution is -2.30. The van der Waals surface area contributed by atoms with Crippen LogP contribution in [0.3, 0.4) is 0 Å². The number of ether oxygens (including phenoxy) is 1. The molecule has 0 atom stereocenters. The predicted molar refractivity (Wildman–Crippen MR) is 108 cm³/mol. The first-order chi connectivity index (χ1) is 12.7. The van der Waals surface area contributed by atoms with E-state index in [0.717, 1.165) is 47.7 Å². The van der Waals surface area contributed by atoms with E-state index in [1.807, 2.05) is 30.5 Å². The maximum Gasteiger partial charge on any atom is 0.227 e. The van der Waals surface area contributed by atoms with Gasteiger partial charge in [0.1, 0.15) is 5.75 Å². The smallest absolute Gasteiger partial charge is 0.227 e. The fourth-order valence-corrected chi connectivity index (χ4v) is 4.55. The number of anilines is 2. The van der Waals surface area contributed by atoms with Crippen molar-refractivity contribution in [2.24, 2.45) is 0 Å². The summed E-state index contributed by atoms with van der Waals surface area (Å²) in [6.45, 7) is 2.88. The quantitative estimate of drug-likeness (QED) is 0.640. The van der Waals surface area contributed by atoms with Crippen molar-refractivity contribution in [2.75, 3.05) is 19.0 Å². The van der Waals surface area contributed by atoms with Crippen LogP contribution in [0.2, 0.25) is 0 Å². The van der Waals surface area contributed by atoms with Gasteiger partial charge in [-0.1, -0.05) is 6.07 Å². The van der Waals surface area contributed by atoms with E-state index in [9.17, 15) is 0 Å². The van der Waals surface area contributed by atoms with Crippen molar-refractivity contribution in [1.82, 2.24) is 14.9 Å². The first kappa shape index (κ1) is 17.5. The van der Waals surface area contributed by atoms with E-state index in [1.54, 1.807) is 18.4 Å². The zero-order valence-electron chi connectivity index (χ0n) is 14.4. The number of thiophene rings is 1. The normalized spacial score (nSPS) is 14.1. The molecule has 0 saturated carbocycles. The Morgan fingerprint density at radius 3 is 3.08 bits per heavy atom. The molecule has 0 spiro atoms. The van der Waals surface area contributed by atoms with Crippen LogP contribution in [0.4, 0.5) is 11.6 Å². The van der Waals surface area contributed by atoms with Crippen molar-refractivity contribution in [3.8, 4) is 5.75 Å². The molecule has 2 aromatic heterocycles. The number of hydrogen-bond donors (Lipinski definition) is 1. The standard InChI is InChI=1S/C19H19BrN4OS/c1-25-16-4-2-3-15(8-16)22-19-21-9-13-10-24(6-5-18(13)23-19)11-17-7-14(20)12-26-17/h2-4,7-9,12H,5-6,10-11H2,1H3,(H,21,22,23). The van der Waals surface area contributed by atoms with Crippen LogP contribution in [0, 0.1) is 0 Å². The molecule has 1 aliphatic heterocycles. The molecule has 1 aliphatic rings. The lowest BCUT2D eigenvalue weighted by atomic mass is 10.1. The molecule has 1 aromatic carbocycles. The molecule has 26 heavy (non-hydrogen) atoms. The fourth-order valence-electron chi connectivity index (χ4n) is 3.06. The average Bonchev–Trinajstić information content (AvgIpc) is 3.06. The minimum atomic E-state index is 0.632. The highest BCUT2D eigenvalue weighted by Gasteiger charge is 2.19. The van der Waals surface area contributed by atoms with Crippen molar-refractivity contribution in [2.45, 2.75) is 19.5 Å². The first-order valence-electron chi connectivity index (χ1n) is 8.41. The number of methoxy groups -OCH3 is 1. The van der Waals surface area contributed by atoms with E-state index in [2.05, 4.69) is 42.6 Å². The van der Waals surface area contributed by atoms with Gasteiger partial charge in [-0.2, -0.15) is 0 Å². The minimum Gasteiger partial charge on any atom is -0.497 e. The summed E-state index contributed by atoms with van der Waals surface area (Å²) in [7, 11) is 1.66. The lowest BCUT2D eigenvalue weighted by molar-refractivity contribution is 0.245. The predicted octanol–water partition coefficient (Wildman–Crippen LogP) is 4.61. The molecular formula is C19H19BrN4OS. The van der Waals surface area contributed by atoms with Crippen molar-refractivity contribution in [3.05, 3.63) is 62.5 Å². The third-order valence-electron chi connectivity index (χ3n) is 4.34. The molecule has 134 valence electrons. The molecule has 0 fully saturated rings. The van der Waals surface area contributed by atoms with E-state index < -0.39 is 0 Å². The Bertz CT molecular complexity index is 914. The highest BCUT2D eigenvalue weighted by molar-refractivity contribution is 9.10. The van der Waals surface area contributed by atoms with Gasteiger partial charge in [0.05, 0.1) is 12.8 Å². The van der Waals surface area contributed by atoms with E-state index in [4.69, 9.17) is 9.72 Å². The molecule has 0 amide bonds. The van der Waals surface area contributed by atoms with Gasteiger partial charge in [-0.3, -0.25) is 4.90 Å². The Kier molecular flexibility index (Phi) is 5.19. The minimum absolute atomic E-state index is 0.632. The monoisotopic (exact) mass is 430 g/mol. The molecule has 1 N–H and O–H groups in total. The summed E-state index contributed by atoms with van der Waals surface area (Å²) < 4.78 is 6.42. The summed E-state index contributed by atoms with van der Waals surface area (Å²) in [5.41, 5.74) is 3.27. The molecule has 0 unspecified atom stereocenters. The summed E-state index contributed by atoms with van der Waals surface area (Å²) in [5.74, 6) is 1.44. The summed E-state index contributed by atoms with van der Waals surface area (Å²) in [5, 5.41) is 5.39. The highest BCUT2D eigenvalue weighted by atomic mass is 79.9. The van der Waals surface area contributed by atoms with Gasteiger partial charge in [-0.15, -0.1) is 11.3 Å². The van der Waals surface area contributed by atoms with Crippen molar-refractivity contribution >= 4 is 38.9 Å². The summed E-state index contributed by atoms with van der Waals surface area (Å²) in [4.78, 5) is 13.0. The lowest BCUT2D eigenvalue weighted by Gasteiger charge is -2.27. The third kappa shape index (κ3) is 4.06. The van der Waals surface area contributed by atoms with E-state index in [1.165, 1.54) is 10.4 Å². The molecule has 3 heterocycles. The van der Waals surface area contributed by atoms with Crippen LogP contribution in [0.5, 0.6) is 5.75 Å². The first-order valence-corrected chi connectivity index (χ1v) is 10.1. The molecule has 0 saturated heterocycles.